The average Bonchev–Trinajstić information content (AvgIpc) is 3.03. The lowest BCUT2D eigenvalue weighted by molar-refractivity contribution is -0.139. The number of ether oxygens (including phenoxy) is 1. The number of carboxylic acid groups (broad SMARTS) is 1. The molecule has 1 aromatic heterocycles. The molecule has 4 aromatic carbocycles. The van der Waals surface area contributed by atoms with Gasteiger partial charge >= 0.3 is 5.97 Å². The van der Waals surface area contributed by atoms with Gasteiger partial charge in [-0.1, -0.05) is 83.9 Å². The van der Waals surface area contributed by atoms with Gasteiger partial charge in [0, 0.05) is 23.2 Å². The number of hydrogen-bond donors (Lipinski definition) is 3. The summed E-state index contributed by atoms with van der Waals surface area (Å²) in [6, 6.07) is 30.5. The van der Waals surface area contributed by atoms with Crippen molar-refractivity contribution in [3.63, 3.8) is 0 Å². The maximum atomic E-state index is 13.3. The molecule has 1 atom stereocenters. The van der Waals surface area contributed by atoms with E-state index >= 15 is 0 Å². The number of pyridine rings is 1. The van der Waals surface area contributed by atoms with Crippen LogP contribution in [0.15, 0.2) is 115 Å². The molecule has 0 fully saturated rings. The van der Waals surface area contributed by atoms with Crippen LogP contribution in [0.3, 0.4) is 0 Å². The van der Waals surface area contributed by atoms with Crippen LogP contribution in [0.4, 0.5) is 5.69 Å². The molecular weight excluding hydrogens is 601 g/mol. The first-order valence-electron chi connectivity index (χ1n) is 13.4. The van der Waals surface area contributed by atoms with Crippen molar-refractivity contribution in [3.8, 4) is 22.6 Å². The third-order valence-electron chi connectivity index (χ3n) is 6.63. The Balaban J connectivity index is 1.30. The number of carbonyl (C=O) groups excluding carboxylic acids is 2. The maximum absolute atomic E-state index is 13.3. The van der Waals surface area contributed by atoms with E-state index in [0.29, 0.717) is 17.1 Å². The van der Waals surface area contributed by atoms with Crippen LogP contribution in [0.25, 0.3) is 11.1 Å². The van der Waals surface area contributed by atoms with Crippen LogP contribution in [-0.4, -0.2) is 33.9 Å². The summed E-state index contributed by atoms with van der Waals surface area (Å²) in [6.45, 7) is 0. The molecule has 0 aliphatic heterocycles. The Bertz CT molecular complexity index is 1800. The van der Waals surface area contributed by atoms with Crippen LogP contribution in [0, 0.1) is 0 Å². The lowest BCUT2D eigenvalue weighted by Gasteiger charge is -2.17. The van der Waals surface area contributed by atoms with E-state index in [0.717, 1.165) is 11.1 Å². The van der Waals surface area contributed by atoms with Crippen molar-refractivity contribution in [2.45, 2.75) is 12.5 Å². The molecule has 0 spiro atoms. The summed E-state index contributed by atoms with van der Waals surface area (Å²) in [5, 5.41) is 15.6. The minimum atomic E-state index is -1.26. The minimum absolute atomic E-state index is 0.00407. The Labute approximate surface area is 263 Å². The van der Waals surface area contributed by atoms with Crippen LogP contribution < -0.4 is 15.4 Å². The van der Waals surface area contributed by atoms with Gasteiger partial charge in [-0.3, -0.25) is 9.59 Å². The molecule has 5 aromatic rings. The number of rotatable bonds is 10. The van der Waals surface area contributed by atoms with Gasteiger partial charge in [-0.25, -0.2) is 9.78 Å². The van der Waals surface area contributed by atoms with Gasteiger partial charge in [0.25, 0.3) is 11.8 Å². The third kappa shape index (κ3) is 7.60. The highest BCUT2D eigenvalue weighted by Gasteiger charge is 2.24. The number of nitrogens with one attached hydrogen (secondary N) is 2. The predicted molar refractivity (Wildman–Crippen MR) is 170 cm³/mol. The SMILES string of the molecule is O=C(Nc1ccc(Cl)cc1C(=O)N[C@@H](Cc1ccc(-c2ccccc2Oc2ccccc2)cc1)C(=O)O)c1ccc(Cl)nc1. The van der Waals surface area contributed by atoms with E-state index in [2.05, 4.69) is 15.6 Å². The van der Waals surface area contributed by atoms with Crippen LogP contribution in [-0.2, 0) is 11.2 Å². The summed E-state index contributed by atoms with van der Waals surface area (Å²) >= 11 is 11.9. The number of nitrogens with zero attached hydrogens (tertiary/aromatic N) is 1. The van der Waals surface area contributed by atoms with Gasteiger partial charge in [0.1, 0.15) is 22.7 Å². The first-order valence-corrected chi connectivity index (χ1v) is 14.2. The van der Waals surface area contributed by atoms with Crippen molar-refractivity contribution in [3.05, 3.63) is 142 Å². The van der Waals surface area contributed by atoms with Crippen molar-refractivity contribution >= 4 is 46.7 Å². The molecule has 5 rings (SSSR count). The molecule has 3 N–H and O–H groups in total. The van der Waals surface area contributed by atoms with Gasteiger partial charge in [-0.05, 0) is 59.7 Å². The normalized spacial score (nSPS) is 11.3. The largest absolute Gasteiger partial charge is 0.480 e. The Hall–Kier alpha value is -5.18. The second-order valence-electron chi connectivity index (χ2n) is 9.69. The molecule has 0 radical (unpaired) electrons. The molecule has 220 valence electrons. The number of halogens is 2. The van der Waals surface area contributed by atoms with E-state index in [-0.39, 0.29) is 33.4 Å². The van der Waals surface area contributed by atoms with Gasteiger partial charge in [0.05, 0.1) is 16.8 Å². The zero-order valence-electron chi connectivity index (χ0n) is 23.0. The summed E-state index contributed by atoms with van der Waals surface area (Å²) < 4.78 is 6.08. The van der Waals surface area contributed by atoms with Crippen LogP contribution in [0.5, 0.6) is 11.5 Å². The Morgan fingerprint density at radius 2 is 1.55 bits per heavy atom. The smallest absolute Gasteiger partial charge is 0.326 e. The highest BCUT2D eigenvalue weighted by Crippen LogP contribution is 2.33. The Kier molecular flexibility index (Phi) is 9.54. The molecule has 0 saturated carbocycles. The second kappa shape index (κ2) is 13.9. The van der Waals surface area contributed by atoms with Gasteiger partial charge in [0.15, 0.2) is 0 Å². The molecule has 10 heteroatoms. The number of benzene rings is 4. The van der Waals surface area contributed by atoms with E-state index in [1.807, 2.05) is 78.9 Å². The van der Waals surface area contributed by atoms with Crippen molar-refractivity contribution in [1.29, 1.82) is 0 Å². The number of aromatic nitrogens is 1. The molecule has 0 bridgehead atoms. The lowest BCUT2D eigenvalue weighted by Crippen LogP contribution is -2.42. The van der Waals surface area contributed by atoms with Crippen molar-refractivity contribution in [2.24, 2.45) is 0 Å². The number of amides is 2. The number of carboxylic acids is 1. The fourth-order valence-electron chi connectivity index (χ4n) is 4.42. The van der Waals surface area contributed by atoms with E-state index in [9.17, 15) is 19.5 Å². The zero-order chi connectivity index (χ0) is 31.1. The molecule has 1 heterocycles. The maximum Gasteiger partial charge on any atom is 0.326 e. The van der Waals surface area contributed by atoms with Gasteiger partial charge < -0.3 is 20.5 Å². The fourth-order valence-corrected chi connectivity index (χ4v) is 4.70. The summed E-state index contributed by atoms with van der Waals surface area (Å²) in [7, 11) is 0. The Morgan fingerprint density at radius 1 is 0.818 bits per heavy atom. The quantitative estimate of drug-likeness (QED) is 0.138. The summed E-state index contributed by atoms with van der Waals surface area (Å²) in [5.74, 6) is -1.08. The number of hydrogen-bond acceptors (Lipinski definition) is 5. The molecular formula is C34H25Cl2N3O5. The van der Waals surface area contributed by atoms with E-state index in [1.165, 1.54) is 36.5 Å². The zero-order valence-corrected chi connectivity index (χ0v) is 24.5. The first-order chi connectivity index (χ1) is 21.3. The summed E-state index contributed by atoms with van der Waals surface area (Å²) in [6.07, 6.45) is 1.32. The van der Waals surface area contributed by atoms with Crippen molar-refractivity contribution < 1.29 is 24.2 Å². The van der Waals surface area contributed by atoms with Gasteiger partial charge in [-0.15, -0.1) is 0 Å². The summed E-state index contributed by atoms with van der Waals surface area (Å²) in [4.78, 5) is 42.1. The van der Waals surface area contributed by atoms with E-state index in [4.69, 9.17) is 27.9 Å². The van der Waals surface area contributed by atoms with E-state index in [1.54, 1.807) is 0 Å². The van der Waals surface area contributed by atoms with Gasteiger partial charge in [-0.2, -0.15) is 0 Å². The standard InChI is InChI=1S/C34H25Cl2N3O5/c35-24-15-16-28(38-32(40)23-14-17-31(36)37-20-23)27(19-24)33(41)39-29(34(42)43)18-21-10-12-22(13-11-21)26-8-4-5-9-30(26)44-25-6-2-1-3-7-25/h1-17,19-20,29H,18H2,(H,38,40)(H,39,41)(H,42,43)/t29-/m0/s1. The molecule has 0 saturated heterocycles. The second-order valence-corrected chi connectivity index (χ2v) is 10.5. The number of carbonyl (C=O) groups is 3. The monoisotopic (exact) mass is 625 g/mol. The van der Waals surface area contributed by atoms with Crippen LogP contribution >= 0.6 is 23.2 Å². The molecule has 0 aliphatic carbocycles. The third-order valence-corrected chi connectivity index (χ3v) is 7.09. The van der Waals surface area contributed by atoms with Crippen molar-refractivity contribution in [1.82, 2.24) is 10.3 Å². The molecule has 44 heavy (non-hydrogen) atoms. The number of para-hydroxylation sites is 2. The predicted octanol–water partition coefficient (Wildman–Crippen LogP) is 7.53. The van der Waals surface area contributed by atoms with Crippen molar-refractivity contribution in [2.75, 3.05) is 5.32 Å². The van der Waals surface area contributed by atoms with Crippen LogP contribution in [0.1, 0.15) is 26.3 Å². The number of aliphatic carboxylic acids is 1. The molecule has 2 amide bonds. The topological polar surface area (TPSA) is 118 Å². The van der Waals surface area contributed by atoms with Gasteiger partial charge in [0.2, 0.25) is 0 Å². The molecule has 8 nitrogen and oxygen atoms in total. The molecule has 0 aliphatic rings. The fraction of sp³-hybridized carbons (Fsp3) is 0.0588. The highest BCUT2D eigenvalue weighted by molar-refractivity contribution is 6.31. The summed E-state index contributed by atoms with van der Waals surface area (Å²) in [5.41, 5.74) is 2.82. The molecule has 0 unspecified atom stereocenters. The van der Waals surface area contributed by atoms with E-state index < -0.39 is 23.8 Å². The Morgan fingerprint density at radius 3 is 2.25 bits per heavy atom. The van der Waals surface area contributed by atoms with Crippen LogP contribution in [0.2, 0.25) is 10.2 Å². The lowest BCUT2D eigenvalue weighted by atomic mass is 9.99. The highest BCUT2D eigenvalue weighted by atomic mass is 35.5. The number of anilines is 1. The first kappa shape index (κ1) is 30.3. The minimum Gasteiger partial charge on any atom is -0.480 e. The average molecular weight is 626 g/mol.